The molecule has 0 aromatic heterocycles. The predicted octanol–water partition coefficient (Wildman–Crippen LogP) is 0.426. The van der Waals surface area contributed by atoms with Crippen LogP contribution >= 0.6 is 7.60 Å². The van der Waals surface area contributed by atoms with Crippen LogP contribution in [0.3, 0.4) is 0 Å². The summed E-state index contributed by atoms with van der Waals surface area (Å²) in [4.78, 5) is 29.8. The van der Waals surface area contributed by atoms with Crippen LogP contribution in [0.5, 0.6) is 0 Å². The van der Waals surface area contributed by atoms with Gasteiger partial charge in [-0.15, -0.1) is 6.42 Å². The summed E-state index contributed by atoms with van der Waals surface area (Å²) in [6, 6.07) is 0. The van der Waals surface area contributed by atoms with Crippen molar-refractivity contribution in [3.8, 4) is 12.3 Å². The van der Waals surface area contributed by atoms with Gasteiger partial charge in [-0.1, -0.05) is 13.3 Å². The average molecular weight is 233 g/mol. The van der Waals surface area contributed by atoms with Crippen molar-refractivity contribution in [1.29, 1.82) is 0 Å². The van der Waals surface area contributed by atoms with Gasteiger partial charge in [0.1, 0.15) is 0 Å². The molecule has 0 bridgehead atoms. The fourth-order valence-electron chi connectivity index (χ4n) is 1.01. The molecular weight excluding hydrogens is 217 g/mol. The Hall–Kier alpha value is -0.820. The number of carbonyl (C=O) groups is 1. The van der Waals surface area contributed by atoms with Crippen molar-refractivity contribution < 1.29 is 19.1 Å². The second-order valence-electron chi connectivity index (χ2n) is 3.18. The van der Waals surface area contributed by atoms with E-state index in [9.17, 15) is 9.36 Å². The maximum absolute atomic E-state index is 11.2. The molecule has 0 spiro atoms. The lowest BCUT2D eigenvalue weighted by molar-refractivity contribution is -0.124. The summed E-state index contributed by atoms with van der Waals surface area (Å²) in [5, 5.41) is 0. The van der Waals surface area contributed by atoms with Crippen molar-refractivity contribution in [1.82, 2.24) is 4.90 Å². The number of carbonyl (C=O) groups excluding carboxylic acids is 1. The van der Waals surface area contributed by atoms with Crippen molar-refractivity contribution in [3.05, 3.63) is 0 Å². The van der Waals surface area contributed by atoms with Crippen LogP contribution in [0.4, 0.5) is 0 Å². The lowest BCUT2D eigenvalue weighted by Crippen LogP contribution is -2.33. The summed E-state index contributed by atoms with van der Waals surface area (Å²) in [5.74, 6) is 1.43. The van der Waals surface area contributed by atoms with Crippen LogP contribution in [0.25, 0.3) is 0 Å². The van der Waals surface area contributed by atoms with Crippen LogP contribution in [0.1, 0.15) is 19.8 Å². The van der Waals surface area contributed by atoms with Crippen LogP contribution < -0.4 is 0 Å². The number of unbranched alkanes of at least 4 members (excludes halogenated alkanes) is 1. The Morgan fingerprint density at radius 1 is 1.47 bits per heavy atom. The Kier molecular flexibility index (Phi) is 6.26. The smallest absolute Gasteiger partial charge is 0.327 e. The highest BCUT2D eigenvalue weighted by molar-refractivity contribution is 7.51. The van der Waals surface area contributed by atoms with Gasteiger partial charge in [0.2, 0.25) is 0 Å². The molecule has 0 heterocycles. The van der Waals surface area contributed by atoms with Gasteiger partial charge in [-0.25, -0.2) is 0 Å². The van der Waals surface area contributed by atoms with E-state index in [2.05, 4.69) is 0 Å². The lowest BCUT2D eigenvalue weighted by atomic mass is 10.3. The monoisotopic (exact) mass is 233 g/mol. The Morgan fingerprint density at radius 2 is 2.07 bits per heavy atom. The molecule has 0 aliphatic heterocycles. The van der Waals surface area contributed by atoms with Gasteiger partial charge in [0.15, 0.2) is 0 Å². The van der Waals surface area contributed by atoms with Crippen molar-refractivity contribution in [2.75, 3.05) is 19.3 Å². The van der Waals surface area contributed by atoms with Gasteiger partial charge in [-0.3, -0.25) is 9.36 Å². The number of amides is 1. The summed E-state index contributed by atoms with van der Waals surface area (Å²) >= 11 is 0. The Morgan fingerprint density at radius 3 is 2.47 bits per heavy atom. The SMILES string of the molecule is C#CC(=O)N(CCCC)CCP(=O)(O)O. The molecule has 0 atom stereocenters. The fourth-order valence-corrected chi connectivity index (χ4v) is 1.51. The Labute approximate surface area is 89.6 Å². The standard InChI is InChI=1S/C9H16NO4P/c1-3-5-6-10(9(11)4-2)7-8-15(12,13)14/h2H,3,5-8H2,1H3,(H2,12,13,14). The van der Waals surface area contributed by atoms with E-state index < -0.39 is 13.5 Å². The van der Waals surface area contributed by atoms with E-state index in [0.717, 1.165) is 12.8 Å². The molecule has 2 N–H and O–H groups in total. The van der Waals surface area contributed by atoms with Gasteiger partial charge in [-0.2, -0.15) is 0 Å². The molecule has 0 rings (SSSR count). The van der Waals surface area contributed by atoms with Gasteiger partial charge < -0.3 is 14.7 Å². The van der Waals surface area contributed by atoms with Crippen molar-refractivity contribution >= 4 is 13.5 Å². The molecule has 0 aromatic rings. The number of rotatable bonds is 6. The Bertz CT molecular complexity index is 291. The zero-order valence-corrected chi connectivity index (χ0v) is 9.61. The van der Waals surface area contributed by atoms with Crippen LogP contribution in [0.15, 0.2) is 0 Å². The molecule has 86 valence electrons. The number of hydrogen-bond donors (Lipinski definition) is 2. The highest BCUT2D eigenvalue weighted by atomic mass is 31.2. The topological polar surface area (TPSA) is 77.8 Å². The van der Waals surface area contributed by atoms with Gasteiger partial charge in [0.25, 0.3) is 5.91 Å². The molecule has 5 nitrogen and oxygen atoms in total. The molecule has 0 aliphatic carbocycles. The van der Waals surface area contributed by atoms with E-state index >= 15 is 0 Å². The van der Waals surface area contributed by atoms with Gasteiger partial charge in [0.05, 0.1) is 6.16 Å². The average Bonchev–Trinajstić information content (AvgIpc) is 2.15. The second-order valence-corrected chi connectivity index (χ2v) is 4.95. The first kappa shape index (κ1) is 14.2. The van der Waals surface area contributed by atoms with Gasteiger partial charge in [-0.05, 0) is 12.3 Å². The third kappa shape index (κ3) is 7.15. The van der Waals surface area contributed by atoms with Crippen molar-refractivity contribution in [2.24, 2.45) is 0 Å². The van der Waals surface area contributed by atoms with Crippen molar-refractivity contribution in [2.45, 2.75) is 19.8 Å². The van der Waals surface area contributed by atoms with Crippen LogP contribution in [-0.2, 0) is 9.36 Å². The number of terminal acetylenes is 1. The maximum atomic E-state index is 11.2. The molecule has 0 radical (unpaired) electrons. The molecule has 15 heavy (non-hydrogen) atoms. The van der Waals surface area contributed by atoms with E-state index in [1.54, 1.807) is 0 Å². The summed E-state index contributed by atoms with van der Waals surface area (Å²) < 4.78 is 10.6. The molecule has 1 amide bonds. The fraction of sp³-hybridized carbons (Fsp3) is 0.667. The highest BCUT2D eigenvalue weighted by Crippen LogP contribution is 2.33. The molecule has 0 aliphatic rings. The Balaban J connectivity index is 4.20. The number of nitrogens with zero attached hydrogens (tertiary/aromatic N) is 1. The van der Waals surface area contributed by atoms with E-state index in [-0.39, 0.29) is 12.7 Å². The van der Waals surface area contributed by atoms with Crippen molar-refractivity contribution in [3.63, 3.8) is 0 Å². The first-order valence-corrected chi connectivity index (χ1v) is 6.50. The summed E-state index contributed by atoms with van der Waals surface area (Å²) in [6.07, 6.45) is 6.27. The zero-order chi connectivity index (χ0) is 11.9. The highest BCUT2D eigenvalue weighted by Gasteiger charge is 2.17. The van der Waals surface area contributed by atoms with Crippen LogP contribution in [-0.4, -0.2) is 39.8 Å². The van der Waals surface area contributed by atoms with Crippen LogP contribution in [0, 0.1) is 12.3 Å². The summed E-state index contributed by atoms with van der Waals surface area (Å²) in [6.45, 7) is 2.41. The summed E-state index contributed by atoms with van der Waals surface area (Å²) in [7, 11) is -4.06. The second kappa shape index (κ2) is 6.62. The molecule has 6 heteroatoms. The largest absolute Gasteiger partial charge is 0.331 e. The number of hydrogen-bond acceptors (Lipinski definition) is 2. The van der Waals surface area contributed by atoms with Crippen LogP contribution in [0.2, 0.25) is 0 Å². The molecule has 0 saturated heterocycles. The zero-order valence-electron chi connectivity index (χ0n) is 8.72. The normalized spacial score (nSPS) is 10.8. The summed E-state index contributed by atoms with van der Waals surface area (Å²) in [5.41, 5.74) is 0. The van der Waals surface area contributed by atoms with E-state index in [0.29, 0.717) is 6.54 Å². The third-order valence-electron chi connectivity index (χ3n) is 1.85. The van der Waals surface area contributed by atoms with E-state index in [4.69, 9.17) is 16.2 Å². The quantitative estimate of drug-likeness (QED) is 0.515. The minimum absolute atomic E-state index is 0.00725. The molecular formula is C9H16NO4P. The van der Waals surface area contributed by atoms with E-state index in [1.165, 1.54) is 4.90 Å². The van der Waals surface area contributed by atoms with Gasteiger partial charge in [0, 0.05) is 13.1 Å². The third-order valence-corrected chi connectivity index (χ3v) is 2.64. The molecule has 0 fully saturated rings. The molecule has 0 aromatic carbocycles. The first-order chi connectivity index (χ1) is 6.90. The maximum Gasteiger partial charge on any atom is 0.327 e. The minimum atomic E-state index is -4.06. The minimum Gasteiger partial charge on any atom is -0.331 e. The molecule has 0 saturated carbocycles. The van der Waals surface area contributed by atoms with E-state index in [1.807, 2.05) is 12.8 Å². The first-order valence-electron chi connectivity index (χ1n) is 4.70. The van der Waals surface area contributed by atoms with Gasteiger partial charge >= 0.3 is 7.60 Å². The lowest BCUT2D eigenvalue weighted by Gasteiger charge is -2.19. The predicted molar refractivity (Wildman–Crippen MR) is 57.2 cm³/mol. The molecule has 0 unspecified atom stereocenters.